The molecule has 0 unspecified atom stereocenters. The zero-order chi connectivity index (χ0) is 14.5. The minimum atomic E-state index is 0.136. The van der Waals surface area contributed by atoms with E-state index < -0.39 is 0 Å². The van der Waals surface area contributed by atoms with Crippen molar-refractivity contribution in [3.63, 3.8) is 0 Å². The van der Waals surface area contributed by atoms with Crippen LogP contribution in [0.2, 0.25) is 0 Å². The quantitative estimate of drug-likeness (QED) is 0.808. The lowest BCUT2D eigenvalue weighted by Crippen LogP contribution is -2.06. The van der Waals surface area contributed by atoms with Crippen LogP contribution in [0.5, 0.6) is 0 Å². The lowest BCUT2D eigenvalue weighted by atomic mass is 10.1. The van der Waals surface area contributed by atoms with Crippen molar-refractivity contribution in [3.8, 4) is 11.4 Å². The van der Waals surface area contributed by atoms with Gasteiger partial charge in [-0.3, -0.25) is 4.79 Å². The molecule has 0 saturated heterocycles. The molecule has 0 bridgehead atoms. The normalized spacial score (nSPS) is 11.0. The number of nitrogens with zero attached hydrogens (tertiary/aromatic N) is 2. The first-order valence-corrected chi connectivity index (χ1v) is 7.02. The Balaban J connectivity index is 2.06. The van der Waals surface area contributed by atoms with E-state index in [4.69, 9.17) is 4.52 Å². The standard InChI is InChI=1S/C16H20N2O2/c1-4-12-5-7-13(8-6-12)16-17-15(20-18-16)10-14(19)9-11(2)3/h5-8,11H,4,9-10H2,1-3H3. The number of hydrogen-bond acceptors (Lipinski definition) is 4. The highest BCUT2D eigenvalue weighted by Gasteiger charge is 2.13. The zero-order valence-corrected chi connectivity index (χ0v) is 12.2. The number of Topliss-reactive ketones (excluding diaryl/α,β-unsaturated/α-hetero) is 1. The van der Waals surface area contributed by atoms with Crippen LogP contribution in [0.3, 0.4) is 0 Å². The number of rotatable bonds is 6. The highest BCUT2D eigenvalue weighted by Crippen LogP contribution is 2.17. The highest BCUT2D eigenvalue weighted by atomic mass is 16.5. The van der Waals surface area contributed by atoms with Crippen LogP contribution >= 0.6 is 0 Å². The summed E-state index contributed by atoms with van der Waals surface area (Å²) in [7, 11) is 0. The second-order valence-electron chi connectivity index (χ2n) is 5.38. The lowest BCUT2D eigenvalue weighted by Gasteiger charge is -2.00. The van der Waals surface area contributed by atoms with E-state index in [9.17, 15) is 4.79 Å². The van der Waals surface area contributed by atoms with Crippen LogP contribution in [0.4, 0.5) is 0 Å². The van der Waals surface area contributed by atoms with Crippen molar-refractivity contribution in [2.45, 2.75) is 40.0 Å². The van der Waals surface area contributed by atoms with Crippen molar-refractivity contribution < 1.29 is 9.32 Å². The van der Waals surface area contributed by atoms with Crippen molar-refractivity contribution >= 4 is 5.78 Å². The van der Waals surface area contributed by atoms with E-state index >= 15 is 0 Å². The van der Waals surface area contributed by atoms with E-state index in [1.54, 1.807) is 0 Å². The molecule has 0 atom stereocenters. The van der Waals surface area contributed by atoms with Crippen molar-refractivity contribution in [2.24, 2.45) is 5.92 Å². The van der Waals surface area contributed by atoms with Crippen LogP contribution in [0.15, 0.2) is 28.8 Å². The van der Waals surface area contributed by atoms with Gasteiger partial charge in [0.05, 0.1) is 6.42 Å². The Morgan fingerprint density at radius 1 is 1.25 bits per heavy atom. The summed E-state index contributed by atoms with van der Waals surface area (Å²) in [4.78, 5) is 16.0. The molecule has 20 heavy (non-hydrogen) atoms. The molecule has 0 aliphatic carbocycles. The van der Waals surface area contributed by atoms with Crippen LogP contribution in [0.25, 0.3) is 11.4 Å². The molecule has 0 saturated carbocycles. The second-order valence-corrected chi connectivity index (χ2v) is 5.38. The molecule has 0 fully saturated rings. The molecule has 106 valence electrons. The van der Waals surface area contributed by atoms with Gasteiger partial charge in [0.2, 0.25) is 11.7 Å². The third-order valence-corrected chi connectivity index (χ3v) is 3.07. The largest absolute Gasteiger partial charge is 0.339 e. The fraction of sp³-hybridized carbons (Fsp3) is 0.438. The summed E-state index contributed by atoms with van der Waals surface area (Å²) in [5.74, 6) is 1.42. The Labute approximate surface area is 119 Å². The molecular formula is C16H20N2O2. The van der Waals surface area contributed by atoms with E-state index in [2.05, 4.69) is 29.2 Å². The molecule has 0 aliphatic rings. The third-order valence-electron chi connectivity index (χ3n) is 3.07. The molecule has 1 aromatic carbocycles. The van der Waals surface area contributed by atoms with Gasteiger partial charge in [0.25, 0.3) is 0 Å². The number of carbonyl (C=O) groups excluding carboxylic acids is 1. The van der Waals surface area contributed by atoms with Gasteiger partial charge in [0.15, 0.2) is 0 Å². The third kappa shape index (κ3) is 3.76. The maximum absolute atomic E-state index is 11.7. The van der Waals surface area contributed by atoms with Gasteiger partial charge < -0.3 is 4.52 Å². The van der Waals surface area contributed by atoms with E-state index in [0.29, 0.717) is 24.1 Å². The Morgan fingerprint density at radius 2 is 1.95 bits per heavy atom. The van der Waals surface area contributed by atoms with Crippen LogP contribution in [0.1, 0.15) is 38.6 Å². The topological polar surface area (TPSA) is 56.0 Å². The molecule has 1 heterocycles. The highest BCUT2D eigenvalue weighted by molar-refractivity contribution is 5.80. The zero-order valence-electron chi connectivity index (χ0n) is 12.2. The van der Waals surface area contributed by atoms with Crippen LogP contribution in [0, 0.1) is 5.92 Å². The van der Waals surface area contributed by atoms with Crippen LogP contribution in [-0.2, 0) is 17.6 Å². The molecule has 1 aromatic heterocycles. The Bertz CT molecular complexity index is 570. The summed E-state index contributed by atoms with van der Waals surface area (Å²) < 4.78 is 5.15. The minimum absolute atomic E-state index is 0.136. The molecule has 0 spiro atoms. The van der Waals surface area contributed by atoms with Gasteiger partial charge >= 0.3 is 0 Å². The second kappa shape index (κ2) is 6.46. The predicted molar refractivity (Wildman–Crippen MR) is 77.3 cm³/mol. The van der Waals surface area contributed by atoms with Gasteiger partial charge in [-0.1, -0.05) is 50.2 Å². The number of ketones is 1. The van der Waals surface area contributed by atoms with Crippen molar-refractivity contribution in [2.75, 3.05) is 0 Å². The number of aryl methyl sites for hydroxylation is 1. The molecule has 2 rings (SSSR count). The Hall–Kier alpha value is -1.97. The lowest BCUT2D eigenvalue weighted by molar-refractivity contribution is -0.119. The van der Waals surface area contributed by atoms with Gasteiger partial charge in [0, 0.05) is 12.0 Å². The fourth-order valence-corrected chi connectivity index (χ4v) is 2.03. The summed E-state index contributed by atoms with van der Waals surface area (Å²) >= 11 is 0. The van der Waals surface area contributed by atoms with Gasteiger partial charge in [-0.05, 0) is 17.9 Å². The first-order chi connectivity index (χ1) is 9.58. The van der Waals surface area contributed by atoms with E-state index in [1.165, 1.54) is 5.56 Å². The minimum Gasteiger partial charge on any atom is -0.339 e. The number of benzene rings is 1. The van der Waals surface area contributed by atoms with Crippen LogP contribution < -0.4 is 0 Å². The summed E-state index contributed by atoms with van der Waals surface area (Å²) in [6, 6.07) is 8.05. The van der Waals surface area contributed by atoms with Gasteiger partial charge in [-0.25, -0.2) is 0 Å². The van der Waals surface area contributed by atoms with E-state index in [1.807, 2.05) is 26.0 Å². The van der Waals surface area contributed by atoms with E-state index in [0.717, 1.165) is 12.0 Å². The monoisotopic (exact) mass is 272 g/mol. The van der Waals surface area contributed by atoms with Crippen molar-refractivity contribution in [3.05, 3.63) is 35.7 Å². The fourth-order valence-electron chi connectivity index (χ4n) is 2.03. The molecule has 4 nitrogen and oxygen atoms in total. The molecule has 0 amide bonds. The van der Waals surface area contributed by atoms with Gasteiger partial charge in [-0.15, -0.1) is 0 Å². The molecule has 2 aromatic rings. The number of aromatic nitrogens is 2. The predicted octanol–water partition coefficient (Wildman–Crippen LogP) is 3.46. The maximum atomic E-state index is 11.7. The average molecular weight is 272 g/mol. The molecule has 0 radical (unpaired) electrons. The Morgan fingerprint density at radius 3 is 2.55 bits per heavy atom. The number of hydrogen-bond donors (Lipinski definition) is 0. The van der Waals surface area contributed by atoms with Crippen molar-refractivity contribution in [1.82, 2.24) is 10.1 Å². The molecule has 4 heteroatoms. The summed E-state index contributed by atoms with van der Waals surface area (Å²) in [5.41, 5.74) is 2.18. The maximum Gasteiger partial charge on any atom is 0.234 e. The first-order valence-electron chi connectivity index (χ1n) is 7.02. The van der Waals surface area contributed by atoms with Crippen LogP contribution in [-0.4, -0.2) is 15.9 Å². The number of carbonyl (C=O) groups is 1. The van der Waals surface area contributed by atoms with Gasteiger partial charge in [-0.2, -0.15) is 4.98 Å². The smallest absolute Gasteiger partial charge is 0.234 e. The van der Waals surface area contributed by atoms with Gasteiger partial charge in [0.1, 0.15) is 5.78 Å². The SMILES string of the molecule is CCc1ccc(-c2noc(CC(=O)CC(C)C)n2)cc1. The molecular weight excluding hydrogens is 252 g/mol. The summed E-state index contributed by atoms with van der Waals surface area (Å²) in [6.07, 6.45) is 1.77. The first kappa shape index (κ1) is 14.4. The van der Waals surface area contributed by atoms with E-state index in [-0.39, 0.29) is 12.2 Å². The molecule has 0 aliphatic heterocycles. The summed E-state index contributed by atoms with van der Waals surface area (Å²) in [6.45, 7) is 6.15. The molecule has 0 N–H and O–H groups in total. The summed E-state index contributed by atoms with van der Waals surface area (Å²) in [5, 5.41) is 3.94. The Kier molecular flexibility index (Phi) is 4.66. The average Bonchev–Trinajstić information content (AvgIpc) is 2.86. The van der Waals surface area contributed by atoms with Crippen molar-refractivity contribution in [1.29, 1.82) is 0 Å².